The fourth-order valence-electron chi connectivity index (χ4n) is 1.70. The summed E-state index contributed by atoms with van der Waals surface area (Å²) in [5, 5.41) is 3.37. The Kier molecular flexibility index (Phi) is 4.98. The van der Waals surface area contributed by atoms with Crippen molar-refractivity contribution >= 4 is 44.9 Å². The highest BCUT2D eigenvalue weighted by Crippen LogP contribution is 2.16. The number of nitrogens with one attached hydrogen (secondary N) is 4. The molecule has 110 valence electrons. The van der Waals surface area contributed by atoms with Crippen LogP contribution in [-0.2, 0) is 0 Å². The van der Waals surface area contributed by atoms with Gasteiger partial charge in [-0.25, -0.2) is 0 Å². The summed E-state index contributed by atoms with van der Waals surface area (Å²) in [6.45, 7) is 3.99. The molecule has 0 saturated carbocycles. The first-order valence-corrected chi connectivity index (χ1v) is 7.44. The van der Waals surface area contributed by atoms with Crippen LogP contribution in [0, 0.1) is 13.8 Å². The van der Waals surface area contributed by atoms with Crippen LogP contribution in [0.4, 0.5) is 5.69 Å². The Labute approximate surface area is 136 Å². The van der Waals surface area contributed by atoms with Crippen molar-refractivity contribution in [2.45, 2.75) is 13.8 Å². The van der Waals surface area contributed by atoms with Gasteiger partial charge < -0.3 is 10.3 Å². The minimum atomic E-state index is -0.300. The molecule has 21 heavy (non-hydrogen) atoms. The molecule has 1 aromatic carbocycles. The lowest BCUT2D eigenvalue weighted by atomic mass is 10.1. The van der Waals surface area contributed by atoms with E-state index < -0.39 is 0 Å². The van der Waals surface area contributed by atoms with E-state index in [9.17, 15) is 4.79 Å². The van der Waals surface area contributed by atoms with E-state index in [2.05, 4.69) is 37.1 Å². The number of benzene rings is 1. The highest BCUT2D eigenvalue weighted by molar-refractivity contribution is 9.10. The second-order valence-electron chi connectivity index (χ2n) is 4.58. The van der Waals surface area contributed by atoms with Crippen molar-refractivity contribution in [1.29, 1.82) is 0 Å². The molecular formula is C14H15BrN4OS. The van der Waals surface area contributed by atoms with Gasteiger partial charge in [0.15, 0.2) is 5.11 Å². The Morgan fingerprint density at radius 1 is 1.24 bits per heavy atom. The summed E-state index contributed by atoms with van der Waals surface area (Å²) in [6.07, 6.45) is 1.68. The maximum atomic E-state index is 11.8. The number of H-pyrrole nitrogens is 1. The fraction of sp³-hybridized carbons (Fsp3) is 0.143. The number of halogens is 1. The van der Waals surface area contributed by atoms with Gasteiger partial charge >= 0.3 is 0 Å². The summed E-state index contributed by atoms with van der Waals surface area (Å²) in [5.74, 6) is -0.300. The van der Waals surface area contributed by atoms with E-state index in [0.29, 0.717) is 10.8 Å². The molecule has 0 saturated heterocycles. The average molecular weight is 367 g/mol. The second kappa shape index (κ2) is 6.73. The van der Waals surface area contributed by atoms with E-state index in [1.54, 1.807) is 12.3 Å². The average Bonchev–Trinajstić information content (AvgIpc) is 2.87. The Hall–Kier alpha value is -1.86. The standard InChI is InChI=1S/C14H15BrN4OS/c1-8-3-4-9(2)11(5-8)17-14(21)19-18-13(20)12-6-10(15)7-16-12/h3-7,16H,1-2H3,(H,18,20)(H2,17,19,21). The van der Waals surface area contributed by atoms with E-state index >= 15 is 0 Å². The van der Waals surface area contributed by atoms with E-state index in [0.717, 1.165) is 21.3 Å². The lowest BCUT2D eigenvalue weighted by Gasteiger charge is -2.13. The Bertz CT molecular complexity index is 683. The molecule has 0 fully saturated rings. The molecule has 5 nitrogen and oxygen atoms in total. The molecule has 4 N–H and O–H groups in total. The first-order chi connectivity index (χ1) is 9.95. The maximum Gasteiger partial charge on any atom is 0.286 e. The summed E-state index contributed by atoms with van der Waals surface area (Å²) in [5.41, 5.74) is 8.74. The van der Waals surface area contributed by atoms with Gasteiger partial charge in [-0.2, -0.15) is 0 Å². The van der Waals surface area contributed by atoms with E-state index in [1.807, 2.05) is 32.0 Å². The van der Waals surface area contributed by atoms with Crippen molar-refractivity contribution in [3.63, 3.8) is 0 Å². The number of anilines is 1. The van der Waals surface area contributed by atoms with Crippen molar-refractivity contribution in [3.8, 4) is 0 Å². The third-order valence-electron chi connectivity index (χ3n) is 2.82. The van der Waals surface area contributed by atoms with E-state index in [4.69, 9.17) is 12.2 Å². The number of aromatic nitrogens is 1. The molecule has 1 heterocycles. The quantitative estimate of drug-likeness (QED) is 0.487. The number of carbonyl (C=O) groups excluding carboxylic acids is 1. The topological polar surface area (TPSA) is 68.9 Å². The van der Waals surface area contributed by atoms with Crippen molar-refractivity contribution in [3.05, 3.63) is 51.8 Å². The summed E-state index contributed by atoms with van der Waals surface area (Å²) in [6, 6.07) is 7.71. The second-order valence-corrected chi connectivity index (χ2v) is 5.91. The van der Waals surface area contributed by atoms with Crippen molar-refractivity contribution in [2.75, 3.05) is 5.32 Å². The number of hydrogen-bond acceptors (Lipinski definition) is 2. The van der Waals surface area contributed by atoms with Gasteiger partial charge in [-0.05, 0) is 65.3 Å². The van der Waals surface area contributed by atoms with Gasteiger partial charge in [0.05, 0.1) is 0 Å². The van der Waals surface area contributed by atoms with Crippen molar-refractivity contribution < 1.29 is 4.79 Å². The number of carbonyl (C=O) groups is 1. The van der Waals surface area contributed by atoms with Gasteiger partial charge in [-0.1, -0.05) is 12.1 Å². The molecule has 1 amide bonds. The molecular weight excluding hydrogens is 352 g/mol. The summed E-state index contributed by atoms with van der Waals surface area (Å²) in [4.78, 5) is 14.7. The lowest BCUT2D eigenvalue weighted by Crippen LogP contribution is -2.43. The largest absolute Gasteiger partial charge is 0.356 e. The third-order valence-corrected chi connectivity index (χ3v) is 3.49. The fourth-order valence-corrected chi connectivity index (χ4v) is 2.21. The van der Waals surface area contributed by atoms with Crippen LogP contribution in [0.2, 0.25) is 0 Å². The van der Waals surface area contributed by atoms with Crippen LogP contribution in [0.5, 0.6) is 0 Å². The minimum absolute atomic E-state index is 0.300. The van der Waals surface area contributed by atoms with E-state index in [1.165, 1.54) is 0 Å². The van der Waals surface area contributed by atoms with Crippen LogP contribution in [-0.4, -0.2) is 16.0 Å². The SMILES string of the molecule is Cc1ccc(C)c(NC(=S)NNC(=O)c2cc(Br)c[nH]2)c1. The number of rotatable bonds is 2. The molecule has 0 aliphatic heterocycles. The number of amides is 1. The molecule has 2 rings (SSSR count). The highest BCUT2D eigenvalue weighted by atomic mass is 79.9. The van der Waals surface area contributed by atoms with Gasteiger partial charge in [0.25, 0.3) is 5.91 Å². The van der Waals surface area contributed by atoms with Gasteiger partial charge in [0.2, 0.25) is 0 Å². The van der Waals surface area contributed by atoms with Gasteiger partial charge in [0.1, 0.15) is 5.69 Å². The number of aryl methyl sites for hydroxylation is 2. The Morgan fingerprint density at radius 2 is 2.00 bits per heavy atom. The Morgan fingerprint density at radius 3 is 2.67 bits per heavy atom. The molecule has 1 aromatic heterocycles. The smallest absolute Gasteiger partial charge is 0.286 e. The van der Waals surface area contributed by atoms with E-state index in [-0.39, 0.29) is 5.91 Å². The number of thiocarbonyl (C=S) groups is 1. The Balaban J connectivity index is 1.90. The third kappa shape index (κ3) is 4.30. The summed E-state index contributed by atoms with van der Waals surface area (Å²) < 4.78 is 0.809. The molecule has 7 heteroatoms. The van der Waals surface area contributed by atoms with Crippen molar-refractivity contribution in [1.82, 2.24) is 15.8 Å². The minimum Gasteiger partial charge on any atom is -0.356 e. The van der Waals surface area contributed by atoms with Crippen LogP contribution in [0.15, 0.2) is 34.9 Å². The van der Waals surface area contributed by atoms with Crippen LogP contribution < -0.4 is 16.2 Å². The normalized spacial score (nSPS) is 10.0. The zero-order valence-corrected chi connectivity index (χ0v) is 14.0. The predicted molar refractivity (Wildman–Crippen MR) is 91.2 cm³/mol. The molecule has 0 atom stereocenters. The van der Waals surface area contributed by atoms with Crippen molar-refractivity contribution in [2.24, 2.45) is 0 Å². The zero-order valence-electron chi connectivity index (χ0n) is 11.6. The molecule has 0 radical (unpaired) electrons. The lowest BCUT2D eigenvalue weighted by molar-refractivity contribution is 0.0940. The van der Waals surface area contributed by atoms with Crippen LogP contribution in [0.3, 0.4) is 0 Å². The molecule has 0 aliphatic carbocycles. The number of hydrazine groups is 1. The number of hydrogen-bond donors (Lipinski definition) is 4. The summed E-state index contributed by atoms with van der Waals surface area (Å²) in [7, 11) is 0. The summed E-state index contributed by atoms with van der Waals surface area (Å²) >= 11 is 8.43. The van der Waals surface area contributed by atoms with Crippen LogP contribution >= 0.6 is 28.1 Å². The van der Waals surface area contributed by atoms with Crippen LogP contribution in [0.1, 0.15) is 21.6 Å². The first-order valence-electron chi connectivity index (χ1n) is 6.24. The monoisotopic (exact) mass is 366 g/mol. The molecule has 0 bridgehead atoms. The predicted octanol–water partition coefficient (Wildman–Crippen LogP) is 3.03. The van der Waals surface area contributed by atoms with Gasteiger partial charge in [-0.15, -0.1) is 0 Å². The molecule has 2 aromatic rings. The first kappa shape index (κ1) is 15.5. The zero-order chi connectivity index (χ0) is 15.4. The molecule has 0 spiro atoms. The molecule has 0 unspecified atom stereocenters. The van der Waals surface area contributed by atoms with Gasteiger partial charge in [-0.3, -0.25) is 15.6 Å². The number of aromatic amines is 1. The van der Waals surface area contributed by atoms with Crippen LogP contribution in [0.25, 0.3) is 0 Å². The maximum absolute atomic E-state index is 11.8. The molecule has 0 aliphatic rings. The van der Waals surface area contributed by atoms with Gasteiger partial charge in [0, 0.05) is 16.4 Å². The highest BCUT2D eigenvalue weighted by Gasteiger charge is 2.08.